The fourth-order valence-electron chi connectivity index (χ4n) is 2.93. The van der Waals surface area contributed by atoms with Crippen molar-refractivity contribution in [2.24, 2.45) is 0 Å². The van der Waals surface area contributed by atoms with E-state index in [-0.39, 0.29) is 17.0 Å². The van der Waals surface area contributed by atoms with Crippen LogP contribution in [-0.4, -0.2) is 26.8 Å². The maximum absolute atomic E-state index is 12.4. The van der Waals surface area contributed by atoms with E-state index in [9.17, 15) is 18.0 Å². The molecule has 32 heavy (non-hydrogen) atoms. The first-order valence-electron chi connectivity index (χ1n) is 9.83. The van der Waals surface area contributed by atoms with E-state index in [0.717, 1.165) is 16.8 Å². The van der Waals surface area contributed by atoms with Crippen molar-refractivity contribution in [2.75, 3.05) is 16.6 Å². The number of carbonyl (C=O) groups excluding carboxylic acids is 2. The van der Waals surface area contributed by atoms with Crippen LogP contribution in [-0.2, 0) is 14.8 Å². The van der Waals surface area contributed by atoms with E-state index in [2.05, 4.69) is 20.9 Å². The topological polar surface area (TPSA) is 116 Å². The van der Waals surface area contributed by atoms with Crippen molar-refractivity contribution in [2.45, 2.75) is 18.7 Å². The van der Waals surface area contributed by atoms with Gasteiger partial charge in [-0.15, -0.1) is 0 Å². The Hall–Kier alpha value is -3.85. The number of hydrogen-bond acceptors (Lipinski definition) is 5. The molecule has 0 spiro atoms. The van der Waals surface area contributed by atoms with Gasteiger partial charge in [-0.05, 0) is 61.9 Å². The second-order valence-electron chi connectivity index (χ2n) is 7.17. The predicted octanol–water partition coefficient (Wildman–Crippen LogP) is 2.98. The van der Waals surface area contributed by atoms with Gasteiger partial charge in [0.15, 0.2) is 0 Å². The van der Waals surface area contributed by atoms with E-state index < -0.39 is 21.8 Å². The lowest BCUT2D eigenvalue weighted by Crippen LogP contribution is -2.44. The maximum Gasteiger partial charge on any atom is 0.269 e. The van der Waals surface area contributed by atoms with Crippen LogP contribution in [0, 0.1) is 13.8 Å². The minimum absolute atomic E-state index is 0.00954. The lowest BCUT2D eigenvalue weighted by molar-refractivity contribution is -0.120. The number of benzene rings is 3. The third-order valence-electron chi connectivity index (χ3n) is 4.59. The zero-order chi connectivity index (χ0) is 23.1. The first-order valence-corrected chi connectivity index (χ1v) is 11.3. The van der Waals surface area contributed by atoms with Gasteiger partial charge in [0.05, 0.1) is 11.4 Å². The highest BCUT2D eigenvalue weighted by atomic mass is 32.2. The molecular formula is C23H24N4O4S. The molecular weight excluding hydrogens is 428 g/mol. The van der Waals surface area contributed by atoms with Crippen LogP contribution in [0.3, 0.4) is 0 Å². The number of aryl methyl sites for hydroxylation is 2. The molecule has 0 unspecified atom stereocenters. The van der Waals surface area contributed by atoms with E-state index >= 15 is 0 Å². The zero-order valence-corrected chi connectivity index (χ0v) is 18.5. The summed E-state index contributed by atoms with van der Waals surface area (Å²) in [6.07, 6.45) is 0. The average Bonchev–Trinajstić information content (AvgIpc) is 2.77. The number of rotatable bonds is 7. The Morgan fingerprint density at radius 1 is 0.844 bits per heavy atom. The molecule has 0 fully saturated rings. The molecule has 3 rings (SSSR count). The number of carbonyl (C=O) groups is 2. The molecule has 0 aromatic heterocycles. The SMILES string of the molecule is Cc1ccc(NCC(=O)NNC(=O)c2ccc(NS(=O)(=O)c3ccccc3)cc2)c(C)c1. The zero-order valence-electron chi connectivity index (χ0n) is 17.7. The lowest BCUT2D eigenvalue weighted by atomic mass is 10.1. The van der Waals surface area contributed by atoms with Crippen LogP contribution in [0.2, 0.25) is 0 Å². The number of hydrogen-bond donors (Lipinski definition) is 4. The van der Waals surface area contributed by atoms with Crippen molar-refractivity contribution in [1.82, 2.24) is 10.9 Å². The van der Waals surface area contributed by atoms with Gasteiger partial charge in [0.25, 0.3) is 21.8 Å². The lowest BCUT2D eigenvalue weighted by Gasteiger charge is -2.12. The summed E-state index contributed by atoms with van der Waals surface area (Å²) in [6.45, 7) is 3.92. The molecule has 8 nitrogen and oxygen atoms in total. The Kier molecular flexibility index (Phi) is 7.11. The van der Waals surface area contributed by atoms with E-state index in [4.69, 9.17) is 0 Å². The van der Waals surface area contributed by atoms with Crippen molar-refractivity contribution >= 4 is 33.2 Å². The highest BCUT2D eigenvalue weighted by Gasteiger charge is 2.14. The molecule has 2 amide bonds. The molecule has 3 aromatic rings. The summed E-state index contributed by atoms with van der Waals surface area (Å²) in [4.78, 5) is 24.4. The fraction of sp³-hybridized carbons (Fsp3) is 0.130. The molecule has 0 bridgehead atoms. The summed E-state index contributed by atoms with van der Waals surface area (Å²) in [5.74, 6) is -0.937. The highest BCUT2D eigenvalue weighted by Crippen LogP contribution is 2.17. The van der Waals surface area contributed by atoms with Gasteiger partial charge in [-0.3, -0.25) is 25.2 Å². The third-order valence-corrected chi connectivity index (χ3v) is 5.99. The summed E-state index contributed by atoms with van der Waals surface area (Å²) in [7, 11) is -3.72. The van der Waals surface area contributed by atoms with E-state index in [1.165, 1.54) is 36.4 Å². The number of sulfonamides is 1. The summed E-state index contributed by atoms with van der Waals surface area (Å²) < 4.78 is 27.2. The molecule has 9 heteroatoms. The van der Waals surface area contributed by atoms with Crippen molar-refractivity contribution in [3.63, 3.8) is 0 Å². The molecule has 0 aliphatic heterocycles. The van der Waals surface area contributed by atoms with Crippen molar-refractivity contribution in [1.29, 1.82) is 0 Å². The highest BCUT2D eigenvalue weighted by molar-refractivity contribution is 7.92. The van der Waals surface area contributed by atoms with Gasteiger partial charge in [-0.25, -0.2) is 8.42 Å². The Bertz CT molecular complexity index is 1210. The van der Waals surface area contributed by atoms with Gasteiger partial charge in [-0.1, -0.05) is 35.9 Å². The second kappa shape index (κ2) is 9.97. The summed E-state index contributed by atoms with van der Waals surface area (Å²) in [5.41, 5.74) is 8.24. The number of hydrazine groups is 1. The van der Waals surface area contributed by atoms with Crippen molar-refractivity contribution < 1.29 is 18.0 Å². The maximum atomic E-state index is 12.4. The molecule has 166 valence electrons. The fourth-order valence-corrected chi connectivity index (χ4v) is 4.01. The van der Waals surface area contributed by atoms with Crippen LogP contribution in [0.1, 0.15) is 21.5 Å². The van der Waals surface area contributed by atoms with Gasteiger partial charge in [-0.2, -0.15) is 0 Å². The smallest absolute Gasteiger partial charge is 0.269 e. The quantitative estimate of drug-likeness (QED) is 0.411. The first-order chi connectivity index (χ1) is 15.2. The number of anilines is 2. The minimum Gasteiger partial charge on any atom is -0.376 e. The standard InChI is InChI=1S/C23H24N4O4S/c1-16-8-13-21(17(2)14-16)24-15-22(28)25-26-23(29)18-9-11-19(12-10-18)27-32(30,31)20-6-4-3-5-7-20/h3-14,24,27H,15H2,1-2H3,(H,25,28)(H,26,29). The van der Waals surface area contributed by atoms with Crippen LogP contribution >= 0.6 is 0 Å². The van der Waals surface area contributed by atoms with E-state index in [1.54, 1.807) is 18.2 Å². The van der Waals surface area contributed by atoms with Gasteiger partial charge in [0.1, 0.15) is 0 Å². The van der Waals surface area contributed by atoms with Gasteiger partial charge in [0.2, 0.25) is 0 Å². The normalized spacial score (nSPS) is 10.8. The molecule has 3 aromatic carbocycles. The van der Waals surface area contributed by atoms with Crippen LogP contribution in [0.25, 0.3) is 0 Å². The molecule has 0 atom stereocenters. The average molecular weight is 453 g/mol. The monoisotopic (exact) mass is 452 g/mol. The minimum atomic E-state index is -3.72. The summed E-state index contributed by atoms with van der Waals surface area (Å²) in [5, 5.41) is 3.02. The number of nitrogens with one attached hydrogen (secondary N) is 4. The Morgan fingerprint density at radius 2 is 1.53 bits per heavy atom. The molecule has 0 aliphatic rings. The number of amides is 2. The van der Waals surface area contributed by atoms with Crippen molar-refractivity contribution in [3.05, 3.63) is 89.5 Å². The van der Waals surface area contributed by atoms with Gasteiger partial charge in [0, 0.05) is 16.9 Å². The van der Waals surface area contributed by atoms with Crippen molar-refractivity contribution in [3.8, 4) is 0 Å². The van der Waals surface area contributed by atoms with Gasteiger partial charge >= 0.3 is 0 Å². The molecule has 0 heterocycles. The molecule has 4 N–H and O–H groups in total. The third kappa shape index (κ3) is 6.08. The molecule has 0 radical (unpaired) electrons. The Labute approximate surface area is 187 Å². The van der Waals surface area contributed by atoms with Crippen LogP contribution < -0.4 is 20.9 Å². The second-order valence-corrected chi connectivity index (χ2v) is 8.85. The van der Waals surface area contributed by atoms with Gasteiger partial charge < -0.3 is 5.32 Å². The van der Waals surface area contributed by atoms with E-state index in [0.29, 0.717) is 5.69 Å². The van der Waals surface area contributed by atoms with Crippen LogP contribution in [0.5, 0.6) is 0 Å². The van der Waals surface area contributed by atoms with Crippen LogP contribution in [0.15, 0.2) is 77.7 Å². The molecule has 0 aliphatic carbocycles. The Morgan fingerprint density at radius 3 is 2.19 bits per heavy atom. The molecule has 0 saturated carbocycles. The predicted molar refractivity (Wildman–Crippen MR) is 124 cm³/mol. The largest absolute Gasteiger partial charge is 0.376 e. The summed E-state index contributed by atoms with van der Waals surface area (Å²) >= 11 is 0. The van der Waals surface area contributed by atoms with E-state index in [1.807, 2.05) is 32.0 Å². The Balaban J connectivity index is 1.50. The first kappa shape index (κ1) is 22.8. The van der Waals surface area contributed by atoms with Crippen LogP contribution in [0.4, 0.5) is 11.4 Å². The summed E-state index contributed by atoms with van der Waals surface area (Å²) in [6, 6.07) is 19.7. The molecule has 0 saturated heterocycles.